The van der Waals surface area contributed by atoms with Gasteiger partial charge in [-0.05, 0) is 94.7 Å². The third-order valence-electron chi connectivity index (χ3n) is 14.8. The van der Waals surface area contributed by atoms with Gasteiger partial charge in [-0.25, -0.2) is 33.2 Å². The van der Waals surface area contributed by atoms with Crippen LogP contribution in [-0.2, 0) is 67.7 Å². The number of ether oxygens (including phenoxy) is 3. The van der Waals surface area contributed by atoms with Crippen LogP contribution in [0.15, 0.2) is 43.0 Å². The molecule has 0 aliphatic carbocycles. The Bertz CT molecular complexity index is 3590. The van der Waals surface area contributed by atoms with Crippen molar-refractivity contribution < 1.29 is 75.3 Å². The zero-order valence-electron chi connectivity index (χ0n) is 42.6. The van der Waals surface area contributed by atoms with Crippen LogP contribution in [0.3, 0.4) is 0 Å². The van der Waals surface area contributed by atoms with Gasteiger partial charge in [-0.1, -0.05) is 27.7 Å². The molecule has 6 aliphatic heterocycles. The van der Waals surface area contributed by atoms with Crippen molar-refractivity contribution in [1.82, 2.24) is 29.4 Å². The molecule has 78 heavy (non-hydrogen) atoms. The number of nitrogen functional groups attached to an aromatic ring is 1. The smallest absolute Gasteiger partial charge is 0.490 e. The van der Waals surface area contributed by atoms with E-state index in [1.807, 2.05) is 13.8 Å². The summed E-state index contributed by atoms with van der Waals surface area (Å²) in [5.74, 6) is -0.239. The van der Waals surface area contributed by atoms with Gasteiger partial charge in [-0.15, -0.1) is 0 Å². The summed E-state index contributed by atoms with van der Waals surface area (Å²) < 4.78 is 71.7. The molecule has 0 saturated carbocycles. The minimum Gasteiger partial charge on any atom is -0.545 e. The number of benzene rings is 3. The van der Waals surface area contributed by atoms with Crippen LogP contribution in [-0.4, -0.2) is 113 Å². The Kier molecular flexibility index (Phi) is 14.8. The minimum atomic E-state index is -5.80. The number of aryl methyl sites for hydroxylation is 2. The monoisotopic (exact) mass is 1170 g/mol. The van der Waals surface area contributed by atoms with Crippen molar-refractivity contribution in [1.29, 1.82) is 0 Å². The second kappa shape index (κ2) is 21.0. The molecule has 1 amide bonds. The van der Waals surface area contributed by atoms with Crippen LogP contribution in [0.25, 0.3) is 16.7 Å². The van der Waals surface area contributed by atoms with Crippen LogP contribution in [0.4, 0.5) is 11.5 Å². The number of rotatable bonds is 18. The summed E-state index contributed by atoms with van der Waals surface area (Å²) in [6, 6.07) is 9.18. The van der Waals surface area contributed by atoms with Gasteiger partial charge in [0.25, 0.3) is 5.91 Å². The average molecular weight is 1170 g/mol. The maximum absolute atomic E-state index is 14.0. The molecule has 6 aliphatic rings. The van der Waals surface area contributed by atoms with Crippen LogP contribution >= 0.6 is 45.1 Å². The highest BCUT2D eigenvalue weighted by Crippen LogP contribution is 2.66. The number of amides is 1. The SMILES string of the molecule is CC(C)(CNC(=O)c1ccc(C2=c3cc4c5c(c3Oc3c2cc2c6c3CCCN6CCC2)CCC[N+]=5CCC4)c(C(=O)[O-])c1)SSCOC1C[C@@](C)(n2cnc3c(N)ncnc32)O[C@@H]1COP(=O)(O)OP(=O)(O)OP(=O)(O)O. The number of carbonyl (C=O) groups is 2. The molecular weight excluding hydrogens is 1110 g/mol. The molecule has 5 atom stereocenters. The summed E-state index contributed by atoms with van der Waals surface area (Å²) >= 11 is 0. The van der Waals surface area contributed by atoms with E-state index in [1.165, 1.54) is 73.6 Å². The highest BCUT2D eigenvalue weighted by molar-refractivity contribution is 8.77. The van der Waals surface area contributed by atoms with Gasteiger partial charge in [0.1, 0.15) is 54.2 Å². The number of aromatic carboxylic acids is 1. The highest BCUT2D eigenvalue weighted by Gasteiger charge is 2.49. The van der Waals surface area contributed by atoms with Gasteiger partial charge in [0.15, 0.2) is 11.5 Å². The molecule has 29 heteroatoms. The van der Waals surface area contributed by atoms with Crippen molar-refractivity contribution in [2.45, 2.75) is 101 Å². The molecule has 8 heterocycles. The van der Waals surface area contributed by atoms with E-state index in [2.05, 4.69) is 50.5 Å². The number of carbonyl (C=O) groups excluding carboxylic acids is 2. The van der Waals surface area contributed by atoms with E-state index in [4.69, 9.17) is 34.3 Å². The molecule has 24 nitrogen and oxygen atoms in total. The first-order valence-electron chi connectivity index (χ1n) is 25.4. The lowest BCUT2D eigenvalue weighted by atomic mass is 9.81. The van der Waals surface area contributed by atoms with Gasteiger partial charge in [0.2, 0.25) is 5.36 Å². The second-order valence-electron chi connectivity index (χ2n) is 20.8. The van der Waals surface area contributed by atoms with Crippen molar-refractivity contribution in [3.05, 3.63) is 98.1 Å². The molecule has 11 rings (SSSR count). The minimum absolute atomic E-state index is 0.00459. The normalized spacial score (nSPS) is 22.2. The summed E-state index contributed by atoms with van der Waals surface area (Å²) in [7, 11) is -14.3. The van der Waals surface area contributed by atoms with E-state index in [1.54, 1.807) is 23.6 Å². The summed E-state index contributed by atoms with van der Waals surface area (Å²) in [6.45, 7) is 8.75. The van der Waals surface area contributed by atoms with Gasteiger partial charge < -0.3 is 59.6 Å². The molecule has 1 fully saturated rings. The van der Waals surface area contributed by atoms with E-state index in [0.29, 0.717) is 11.2 Å². The predicted molar refractivity (Wildman–Crippen MR) is 285 cm³/mol. The van der Waals surface area contributed by atoms with Crippen LogP contribution in [0.1, 0.15) is 107 Å². The Hall–Kier alpha value is -4.75. The topological polar surface area (TPSA) is 333 Å². The number of carboxylic acids is 1. The zero-order chi connectivity index (χ0) is 55.1. The van der Waals surface area contributed by atoms with Crippen molar-refractivity contribution in [2.24, 2.45) is 0 Å². The number of fused-ring (bicyclic) bond motifs is 5. The lowest BCUT2D eigenvalue weighted by Gasteiger charge is -2.39. The fourth-order valence-electron chi connectivity index (χ4n) is 11.7. The molecular formula is C49H57N8O16P3S2. The second-order valence-corrected chi connectivity index (χ2v) is 28.2. The number of hydrogen-bond acceptors (Lipinski definition) is 19. The van der Waals surface area contributed by atoms with Crippen LogP contribution in [0.2, 0.25) is 0 Å². The third kappa shape index (κ3) is 10.9. The number of anilines is 2. The predicted octanol–water partition coefficient (Wildman–Crippen LogP) is 3.94. The number of nitrogens with two attached hydrogens (primary N) is 1. The molecule has 0 bridgehead atoms. The Morgan fingerprint density at radius 1 is 0.936 bits per heavy atom. The van der Waals surface area contributed by atoms with E-state index in [0.717, 1.165) is 105 Å². The maximum Gasteiger partial charge on any atom is 0.490 e. The fraction of sp³-hybridized carbons (Fsp3) is 0.469. The van der Waals surface area contributed by atoms with Crippen LogP contribution in [0.5, 0.6) is 11.5 Å². The summed E-state index contributed by atoms with van der Waals surface area (Å²) in [4.78, 5) is 80.2. The molecule has 2 aromatic heterocycles. The molecule has 3 aromatic carbocycles. The maximum atomic E-state index is 14.0. The molecule has 0 radical (unpaired) electrons. The zero-order valence-corrected chi connectivity index (χ0v) is 46.9. The fourth-order valence-corrected chi connectivity index (χ4v) is 16.9. The first-order valence-corrected chi connectivity index (χ1v) is 32.2. The van der Waals surface area contributed by atoms with Gasteiger partial charge >= 0.3 is 23.5 Å². The quantitative estimate of drug-likeness (QED) is 0.0233. The molecule has 3 unspecified atom stereocenters. The number of imidazole rings is 1. The Labute approximate surface area is 454 Å². The first kappa shape index (κ1) is 55.2. The molecule has 0 spiro atoms. The lowest BCUT2D eigenvalue weighted by molar-refractivity contribution is -0.255. The summed E-state index contributed by atoms with van der Waals surface area (Å²) in [5, 5.41) is 18.4. The number of hydrogen-bond donors (Lipinski definition) is 6. The Morgan fingerprint density at radius 3 is 2.45 bits per heavy atom. The number of nitrogens with one attached hydrogen (secondary N) is 1. The third-order valence-corrected chi connectivity index (χ3v) is 21.6. The molecule has 5 aromatic rings. The lowest BCUT2D eigenvalue weighted by Crippen LogP contribution is -2.45. The van der Waals surface area contributed by atoms with Crippen molar-refractivity contribution in [3.8, 4) is 11.5 Å². The number of phosphoric ester groups is 1. The highest BCUT2D eigenvalue weighted by atomic mass is 33.1. The first-order chi connectivity index (χ1) is 37.0. The number of carboxylic acid groups (broad SMARTS) is 1. The van der Waals surface area contributed by atoms with Crippen molar-refractivity contribution in [3.63, 3.8) is 0 Å². The van der Waals surface area contributed by atoms with E-state index >= 15 is 0 Å². The summed E-state index contributed by atoms with van der Waals surface area (Å²) in [5.41, 5.74) is 13.5. The number of aromatic nitrogens is 4. The van der Waals surface area contributed by atoms with Gasteiger partial charge in [0.05, 0.1) is 30.6 Å². The Balaban J connectivity index is 0.805. The number of phosphoric acid groups is 3. The van der Waals surface area contributed by atoms with Crippen LogP contribution < -0.4 is 40.9 Å². The Morgan fingerprint density at radius 2 is 1.68 bits per heavy atom. The largest absolute Gasteiger partial charge is 0.545 e. The van der Waals surface area contributed by atoms with Crippen molar-refractivity contribution >= 4 is 85.2 Å². The number of nitrogens with zero attached hydrogens (tertiary/aromatic N) is 6. The van der Waals surface area contributed by atoms with E-state index in [9.17, 15) is 38.2 Å². The standard InChI is InChI=1S/C49H57N8O16P3S2/c1-48(2,78-77-26-68-36-21-49(3,57-25-54-39-44(50)52-24-53-45(39)57)71-37(36)22-69-75(64,65)73-76(66,67)72-74(61,62)63)23-51-46(58)29-12-13-30(33(20-29)47(59)60)38-34-18-27-8-4-14-55-16-6-10-31(40(27)55)42(34)70-43-32-11-7-17-56-15-5-9-28(41(32)56)19-35(38)43/h12-13,18-20,24-25,36-37H,4-11,14-17,21-23,26H2,1-3H3,(H7-,50,51,52,53,58,59,60,61,62,63,64,65,66,67)/t36?,37-,49+/m1/s1. The molecule has 416 valence electrons. The van der Waals surface area contributed by atoms with E-state index < -0.39 is 64.6 Å². The van der Waals surface area contributed by atoms with Gasteiger partial charge in [-0.3, -0.25) is 13.9 Å². The average Bonchev–Trinajstić information content (AvgIpc) is 3.20. The van der Waals surface area contributed by atoms with E-state index in [-0.39, 0.29) is 41.4 Å². The van der Waals surface area contributed by atoms with Gasteiger partial charge in [-0.2, -0.15) is 8.62 Å². The van der Waals surface area contributed by atoms with Crippen LogP contribution in [0, 0.1) is 0 Å². The summed E-state index contributed by atoms with van der Waals surface area (Å²) in [6.07, 6.45) is 8.18. The molecule has 1 saturated heterocycles. The van der Waals surface area contributed by atoms with Crippen molar-refractivity contribution in [2.75, 3.05) is 55.9 Å². The van der Waals surface area contributed by atoms with Gasteiger partial charge in [0, 0.05) is 87.9 Å². The molecule has 7 N–H and O–H groups in total.